The van der Waals surface area contributed by atoms with Gasteiger partial charge in [0.2, 0.25) is 5.91 Å². The Morgan fingerprint density at radius 2 is 1.96 bits per heavy atom. The predicted octanol–water partition coefficient (Wildman–Crippen LogP) is 4.15. The fourth-order valence-corrected chi connectivity index (χ4v) is 3.80. The first-order valence-corrected chi connectivity index (χ1v) is 9.63. The number of nitrogens with zero attached hydrogens (tertiary/aromatic N) is 2. The molecule has 0 aliphatic heterocycles. The number of thiophene rings is 1. The van der Waals surface area contributed by atoms with E-state index < -0.39 is 5.97 Å². The highest BCUT2D eigenvalue weighted by Gasteiger charge is 2.22. The van der Waals surface area contributed by atoms with Crippen molar-refractivity contribution in [2.75, 3.05) is 11.9 Å². The number of ether oxygens (including phenoxy) is 1. The Morgan fingerprint density at radius 1 is 1.28 bits per heavy atom. The molecule has 8 heteroatoms. The molecule has 0 radical (unpaired) electrons. The Balaban J connectivity index is 2.09. The van der Waals surface area contributed by atoms with Crippen LogP contribution in [-0.2, 0) is 16.1 Å². The van der Waals surface area contributed by atoms with E-state index in [2.05, 4.69) is 26.3 Å². The number of nitrogens with one attached hydrogen (secondary N) is 1. The second kappa shape index (κ2) is 8.14. The Bertz CT molecular complexity index is 811. The van der Waals surface area contributed by atoms with E-state index in [0.717, 1.165) is 26.3 Å². The zero-order chi connectivity index (χ0) is 18.7. The summed E-state index contributed by atoms with van der Waals surface area (Å²) < 4.78 is 7.86. The zero-order valence-electron chi connectivity index (χ0n) is 15.0. The number of esters is 1. The van der Waals surface area contributed by atoms with E-state index in [0.29, 0.717) is 23.7 Å². The topological polar surface area (TPSA) is 73.2 Å². The van der Waals surface area contributed by atoms with Gasteiger partial charge in [-0.3, -0.25) is 9.48 Å². The minimum Gasteiger partial charge on any atom is -0.462 e. The van der Waals surface area contributed by atoms with Gasteiger partial charge in [0.05, 0.1) is 28.9 Å². The largest absolute Gasteiger partial charge is 0.462 e. The van der Waals surface area contributed by atoms with Crippen LogP contribution in [0.4, 0.5) is 5.00 Å². The normalized spacial score (nSPS) is 10.8. The molecule has 0 spiro atoms. The van der Waals surface area contributed by atoms with Gasteiger partial charge in [0.15, 0.2) is 0 Å². The molecule has 2 heterocycles. The van der Waals surface area contributed by atoms with E-state index >= 15 is 0 Å². The molecular weight excluding hydrogens is 406 g/mol. The lowest BCUT2D eigenvalue weighted by molar-refractivity contribution is -0.116. The van der Waals surface area contributed by atoms with Crippen LogP contribution in [-0.4, -0.2) is 28.3 Å². The molecule has 0 aliphatic carbocycles. The van der Waals surface area contributed by atoms with Gasteiger partial charge in [-0.25, -0.2) is 4.79 Å². The van der Waals surface area contributed by atoms with E-state index in [1.54, 1.807) is 11.6 Å². The van der Waals surface area contributed by atoms with Crippen LogP contribution in [0, 0.1) is 27.7 Å². The lowest BCUT2D eigenvalue weighted by Gasteiger charge is -2.08. The van der Waals surface area contributed by atoms with Crippen LogP contribution in [0.2, 0.25) is 0 Å². The number of halogens is 1. The number of hydrogen-bond donors (Lipinski definition) is 1. The summed E-state index contributed by atoms with van der Waals surface area (Å²) in [7, 11) is 0. The molecule has 0 aromatic carbocycles. The fraction of sp³-hybridized carbons (Fsp3) is 0.471. The third-order valence-corrected chi connectivity index (χ3v) is 6.23. The van der Waals surface area contributed by atoms with E-state index in [1.165, 1.54) is 11.3 Å². The van der Waals surface area contributed by atoms with Gasteiger partial charge in [0.1, 0.15) is 5.00 Å². The van der Waals surface area contributed by atoms with Crippen molar-refractivity contribution < 1.29 is 14.3 Å². The molecule has 0 saturated heterocycles. The Morgan fingerprint density at radius 3 is 2.52 bits per heavy atom. The number of aryl methyl sites for hydroxylation is 3. The summed E-state index contributed by atoms with van der Waals surface area (Å²) in [6, 6.07) is 0. The molecule has 1 N–H and O–H groups in total. The molecule has 0 saturated carbocycles. The number of amides is 1. The van der Waals surface area contributed by atoms with Crippen molar-refractivity contribution >= 4 is 44.1 Å². The number of carbonyl (C=O) groups excluding carboxylic acids is 2. The molecule has 0 aliphatic rings. The van der Waals surface area contributed by atoms with Crippen molar-refractivity contribution in [3.63, 3.8) is 0 Å². The number of anilines is 1. The highest BCUT2D eigenvalue weighted by molar-refractivity contribution is 9.10. The van der Waals surface area contributed by atoms with E-state index in [1.807, 2.05) is 27.7 Å². The second-order valence-electron chi connectivity index (χ2n) is 5.71. The maximum absolute atomic E-state index is 12.3. The third-order valence-electron chi connectivity index (χ3n) is 3.96. The fourth-order valence-electron chi connectivity index (χ4n) is 2.45. The van der Waals surface area contributed by atoms with Gasteiger partial charge in [-0.15, -0.1) is 11.3 Å². The summed E-state index contributed by atoms with van der Waals surface area (Å²) >= 11 is 4.87. The van der Waals surface area contributed by atoms with E-state index in [9.17, 15) is 9.59 Å². The predicted molar refractivity (Wildman–Crippen MR) is 102 cm³/mol. The molecule has 2 rings (SSSR count). The van der Waals surface area contributed by atoms with Gasteiger partial charge in [0, 0.05) is 17.0 Å². The summed E-state index contributed by atoms with van der Waals surface area (Å²) in [5, 5.41) is 7.79. The number of carbonyl (C=O) groups is 2. The number of aromatic nitrogens is 2. The molecule has 136 valence electrons. The SMILES string of the molecule is CCOC(=O)c1c(NC(=O)CCn2nc(C)c(Br)c2C)sc(C)c1C. The molecule has 2 aromatic rings. The molecule has 25 heavy (non-hydrogen) atoms. The van der Waals surface area contributed by atoms with Crippen LogP contribution >= 0.6 is 27.3 Å². The first kappa shape index (κ1) is 19.7. The van der Waals surface area contributed by atoms with Crippen molar-refractivity contribution in [1.29, 1.82) is 0 Å². The summed E-state index contributed by atoms with van der Waals surface area (Å²) in [6.07, 6.45) is 0.270. The molecule has 0 fully saturated rings. The summed E-state index contributed by atoms with van der Waals surface area (Å²) in [4.78, 5) is 25.5. The Labute approximate surface area is 159 Å². The van der Waals surface area contributed by atoms with Crippen LogP contribution in [0.25, 0.3) is 0 Å². The van der Waals surface area contributed by atoms with E-state index in [-0.39, 0.29) is 12.3 Å². The quantitative estimate of drug-likeness (QED) is 0.702. The van der Waals surface area contributed by atoms with Gasteiger partial charge in [-0.1, -0.05) is 0 Å². The molecule has 1 amide bonds. The van der Waals surface area contributed by atoms with Gasteiger partial charge in [-0.05, 0) is 56.1 Å². The maximum atomic E-state index is 12.3. The average Bonchev–Trinajstić information content (AvgIpc) is 2.96. The number of rotatable bonds is 6. The molecule has 0 unspecified atom stereocenters. The highest BCUT2D eigenvalue weighted by atomic mass is 79.9. The maximum Gasteiger partial charge on any atom is 0.341 e. The molecule has 2 aromatic heterocycles. The average molecular weight is 428 g/mol. The van der Waals surface area contributed by atoms with Gasteiger partial charge in [-0.2, -0.15) is 5.10 Å². The van der Waals surface area contributed by atoms with Crippen LogP contribution < -0.4 is 5.32 Å². The molecular formula is C17H22BrN3O3S. The van der Waals surface area contributed by atoms with Crippen molar-refractivity contribution in [3.05, 3.63) is 31.9 Å². The zero-order valence-corrected chi connectivity index (χ0v) is 17.4. The van der Waals surface area contributed by atoms with Gasteiger partial charge in [0.25, 0.3) is 0 Å². The van der Waals surface area contributed by atoms with Gasteiger partial charge >= 0.3 is 5.97 Å². The monoisotopic (exact) mass is 427 g/mol. The Kier molecular flexibility index (Phi) is 6.40. The lowest BCUT2D eigenvalue weighted by Crippen LogP contribution is -2.17. The molecule has 0 atom stereocenters. The van der Waals surface area contributed by atoms with Crippen LogP contribution in [0.15, 0.2) is 4.47 Å². The highest BCUT2D eigenvalue weighted by Crippen LogP contribution is 2.33. The first-order chi connectivity index (χ1) is 11.8. The number of hydrogen-bond acceptors (Lipinski definition) is 5. The minimum absolute atomic E-state index is 0.157. The standard InChI is InChI=1S/C17H22BrN3O3S/c1-6-24-17(23)14-9(2)12(5)25-16(14)19-13(22)7-8-21-11(4)15(18)10(3)20-21/h6-8H2,1-5H3,(H,19,22). The van der Waals surface area contributed by atoms with Crippen molar-refractivity contribution in [2.45, 2.75) is 47.6 Å². The Hall–Kier alpha value is -1.67. The molecule has 0 bridgehead atoms. The van der Waals surface area contributed by atoms with E-state index in [4.69, 9.17) is 4.74 Å². The summed E-state index contributed by atoms with van der Waals surface area (Å²) in [5.74, 6) is -0.558. The lowest BCUT2D eigenvalue weighted by atomic mass is 10.1. The summed E-state index contributed by atoms with van der Waals surface area (Å²) in [5.41, 5.74) is 3.18. The van der Waals surface area contributed by atoms with Gasteiger partial charge < -0.3 is 10.1 Å². The smallest absolute Gasteiger partial charge is 0.341 e. The molecule has 6 nitrogen and oxygen atoms in total. The summed E-state index contributed by atoms with van der Waals surface area (Å²) in [6.45, 7) is 10.2. The van der Waals surface area contributed by atoms with Crippen molar-refractivity contribution in [1.82, 2.24) is 9.78 Å². The first-order valence-electron chi connectivity index (χ1n) is 8.02. The third kappa shape index (κ3) is 4.30. The van der Waals surface area contributed by atoms with Crippen molar-refractivity contribution in [3.8, 4) is 0 Å². The minimum atomic E-state index is -0.401. The van der Waals surface area contributed by atoms with Crippen LogP contribution in [0.5, 0.6) is 0 Å². The van der Waals surface area contributed by atoms with Crippen LogP contribution in [0.3, 0.4) is 0 Å². The second-order valence-corrected chi connectivity index (χ2v) is 7.73. The van der Waals surface area contributed by atoms with Crippen molar-refractivity contribution in [2.24, 2.45) is 0 Å². The van der Waals surface area contributed by atoms with Crippen LogP contribution in [0.1, 0.15) is 45.5 Å².